The van der Waals surface area contributed by atoms with E-state index < -0.39 is 0 Å². The van der Waals surface area contributed by atoms with Crippen molar-refractivity contribution < 1.29 is 5.11 Å². The average molecular weight is 203 g/mol. The number of thiol groups is 1. The Labute approximate surface area is 86.7 Å². The van der Waals surface area contributed by atoms with Crippen LogP contribution in [0, 0.1) is 11.8 Å². The van der Waals surface area contributed by atoms with Crippen molar-refractivity contribution in [3.63, 3.8) is 0 Å². The summed E-state index contributed by atoms with van der Waals surface area (Å²) in [4.78, 5) is 2.36. The van der Waals surface area contributed by atoms with Crippen molar-refractivity contribution in [3.05, 3.63) is 0 Å². The minimum Gasteiger partial charge on any atom is -0.392 e. The number of likely N-dealkylation sites (tertiary alicyclic amines) is 1. The summed E-state index contributed by atoms with van der Waals surface area (Å²) < 4.78 is 0. The molecule has 1 saturated heterocycles. The van der Waals surface area contributed by atoms with Crippen LogP contribution in [0.2, 0.25) is 0 Å². The smallest absolute Gasteiger partial charge is 0.0670 e. The fourth-order valence-electron chi connectivity index (χ4n) is 2.07. The van der Waals surface area contributed by atoms with Crippen LogP contribution in [0.3, 0.4) is 0 Å². The Kier molecular flexibility index (Phi) is 4.56. The quantitative estimate of drug-likeness (QED) is 0.675. The molecule has 13 heavy (non-hydrogen) atoms. The number of aliphatic hydroxyl groups is 1. The highest BCUT2D eigenvalue weighted by Gasteiger charge is 2.23. The fourth-order valence-corrected chi connectivity index (χ4v) is 2.19. The molecule has 1 heterocycles. The van der Waals surface area contributed by atoms with E-state index in [2.05, 4.69) is 31.4 Å². The fraction of sp³-hybridized carbons (Fsp3) is 1.00. The lowest BCUT2D eigenvalue weighted by molar-refractivity contribution is 0.0396. The molecule has 1 rings (SSSR count). The molecule has 0 aromatic carbocycles. The molecule has 1 N–H and O–H groups in total. The summed E-state index contributed by atoms with van der Waals surface area (Å²) in [6.07, 6.45) is 0.849. The topological polar surface area (TPSA) is 23.5 Å². The number of β-amino-alcohol motifs (C(OH)–C–C–N with tert-alkyl or cyclic N) is 1. The van der Waals surface area contributed by atoms with E-state index in [4.69, 9.17) is 0 Å². The Morgan fingerprint density at radius 2 is 2.23 bits per heavy atom. The number of piperidine rings is 1. The maximum absolute atomic E-state index is 9.57. The SMILES string of the molecule is CC(CS)CN1CC(C)CC(O)C1. The van der Waals surface area contributed by atoms with Gasteiger partial charge in [0.05, 0.1) is 6.10 Å². The molecule has 0 amide bonds. The van der Waals surface area contributed by atoms with Gasteiger partial charge in [-0.2, -0.15) is 12.6 Å². The predicted octanol–water partition coefficient (Wildman–Crippen LogP) is 1.25. The van der Waals surface area contributed by atoms with Gasteiger partial charge >= 0.3 is 0 Å². The zero-order chi connectivity index (χ0) is 9.84. The molecular weight excluding hydrogens is 182 g/mol. The Morgan fingerprint density at radius 1 is 1.54 bits per heavy atom. The van der Waals surface area contributed by atoms with Crippen molar-refractivity contribution in [2.24, 2.45) is 11.8 Å². The van der Waals surface area contributed by atoms with E-state index in [9.17, 15) is 5.11 Å². The van der Waals surface area contributed by atoms with Gasteiger partial charge < -0.3 is 10.0 Å². The van der Waals surface area contributed by atoms with E-state index in [0.29, 0.717) is 11.8 Å². The van der Waals surface area contributed by atoms with Crippen LogP contribution in [0.15, 0.2) is 0 Å². The summed E-state index contributed by atoms with van der Waals surface area (Å²) in [5.74, 6) is 2.19. The second-order valence-corrected chi connectivity index (χ2v) is 4.87. The van der Waals surface area contributed by atoms with Gasteiger partial charge in [-0.05, 0) is 24.0 Å². The highest BCUT2D eigenvalue weighted by atomic mass is 32.1. The highest BCUT2D eigenvalue weighted by Crippen LogP contribution is 2.17. The monoisotopic (exact) mass is 203 g/mol. The lowest BCUT2D eigenvalue weighted by atomic mass is 9.97. The molecule has 0 aliphatic carbocycles. The summed E-state index contributed by atoms with van der Waals surface area (Å²) in [5.41, 5.74) is 0. The van der Waals surface area contributed by atoms with Crippen LogP contribution in [0.5, 0.6) is 0 Å². The van der Waals surface area contributed by atoms with E-state index in [0.717, 1.165) is 31.8 Å². The molecule has 3 unspecified atom stereocenters. The molecule has 0 saturated carbocycles. The number of hydrogen-bond acceptors (Lipinski definition) is 3. The zero-order valence-electron chi connectivity index (χ0n) is 8.61. The average Bonchev–Trinajstić information content (AvgIpc) is 2.02. The first-order valence-electron chi connectivity index (χ1n) is 5.13. The Bertz CT molecular complexity index is 144. The van der Waals surface area contributed by atoms with E-state index in [-0.39, 0.29) is 6.10 Å². The maximum Gasteiger partial charge on any atom is 0.0670 e. The van der Waals surface area contributed by atoms with E-state index in [1.807, 2.05) is 0 Å². The molecular formula is C10H21NOS. The van der Waals surface area contributed by atoms with Gasteiger partial charge in [-0.25, -0.2) is 0 Å². The van der Waals surface area contributed by atoms with Crippen molar-refractivity contribution in [1.82, 2.24) is 4.90 Å². The van der Waals surface area contributed by atoms with Gasteiger partial charge in [0.25, 0.3) is 0 Å². The molecule has 0 aromatic heterocycles. The summed E-state index contributed by atoms with van der Waals surface area (Å²) in [5, 5.41) is 9.57. The number of nitrogens with zero attached hydrogens (tertiary/aromatic N) is 1. The van der Waals surface area contributed by atoms with Crippen LogP contribution in [-0.4, -0.2) is 41.5 Å². The van der Waals surface area contributed by atoms with Crippen LogP contribution < -0.4 is 0 Å². The predicted molar refractivity (Wildman–Crippen MR) is 59.2 cm³/mol. The Hall–Kier alpha value is 0.270. The van der Waals surface area contributed by atoms with Crippen molar-refractivity contribution in [2.45, 2.75) is 26.4 Å². The molecule has 0 aromatic rings. The number of rotatable bonds is 3. The van der Waals surface area contributed by atoms with Gasteiger partial charge in [-0.3, -0.25) is 0 Å². The third-order valence-electron chi connectivity index (χ3n) is 2.59. The van der Waals surface area contributed by atoms with Gasteiger partial charge in [0.15, 0.2) is 0 Å². The van der Waals surface area contributed by atoms with Gasteiger partial charge in [0.2, 0.25) is 0 Å². The normalized spacial score (nSPS) is 33.2. The maximum atomic E-state index is 9.57. The summed E-state index contributed by atoms with van der Waals surface area (Å²) >= 11 is 4.27. The zero-order valence-corrected chi connectivity index (χ0v) is 9.50. The molecule has 3 heteroatoms. The molecule has 0 spiro atoms. The van der Waals surface area contributed by atoms with Crippen LogP contribution in [-0.2, 0) is 0 Å². The molecule has 1 fully saturated rings. The minimum atomic E-state index is -0.115. The lowest BCUT2D eigenvalue weighted by Gasteiger charge is -2.35. The molecule has 3 atom stereocenters. The van der Waals surface area contributed by atoms with Crippen molar-refractivity contribution in [1.29, 1.82) is 0 Å². The Balaban J connectivity index is 2.32. The standard InChI is InChI=1S/C10H21NOS/c1-8-3-10(12)6-11(4-8)5-9(2)7-13/h8-10,12-13H,3-7H2,1-2H3. The number of aliphatic hydroxyl groups excluding tert-OH is 1. The highest BCUT2D eigenvalue weighted by molar-refractivity contribution is 7.80. The van der Waals surface area contributed by atoms with Crippen molar-refractivity contribution in [2.75, 3.05) is 25.4 Å². The van der Waals surface area contributed by atoms with Crippen LogP contribution >= 0.6 is 12.6 Å². The first-order chi connectivity index (χ1) is 6.11. The van der Waals surface area contributed by atoms with Crippen molar-refractivity contribution >= 4 is 12.6 Å². The first kappa shape index (κ1) is 11.3. The van der Waals surface area contributed by atoms with Gasteiger partial charge in [-0.15, -0.1) is 0 Å². The molecule has 1 aliphatic heterocycles. The Morgan fingerprint density at radius 3 is 2.77 bits per heavy atom. The second kappa shape index (κ2) is 5.23. The van der Waals surface area contributed by atoms with Gasteiger partial charge in [0, 0.05) is 19.6 Å². The summed E-state index contributed by atoms with van der Waals surface area (Å²) in [6, 6.07) is 0. The molecule has 78 valence electrons. The van der Waals surface area contributed by atoms with Crippen molar-refractivity contribution in [3.8, 4) is 0 Å². The molecule has 2 nitrogen and oxygen atoms in total. The molecule has 0 bridgehead atoms. The van der Waals surface area contributed by atoms with E-state index in [1.54, 1.807) is 0 Å². The molecule has 1 aliphatic rings. The first-order valence-corrected chi connectivity index (χ1v) is 5.76. The van der Waals surface area contributed by atoms with Crippen LogP contribution in [0.4, 0.5) is 0 Å². The van der Waals surface area contributed by atoms with E-state index >= 15 is 0 Å². The third kappa shape index (κ3) is 3.88. The van der Waals surface area contributed by atoms with Crippen LogP contribution in [0.25, 0.3) is 0 Å². The van der Waals surface area contributed by atoms with Gasteiger partial charge in [-0.1, -0.05) is 13.8 Å². The van der Waals surface area contributed by atoms with Crippen LogP contribution in [0.1, 0.15) is 20.3 Å². The minimum absolute atomic E-state index is 0.115. The molecule has 0 radical (unpaired) electrons. The lowest BCUT2D eigenvalue weighted by Crippen LogP contribution is -2.44. The summed E-state index contributed by atoms with van der Waals surface area (Å²) in [7, 11) is 0. The van der Waals surface area contributed by atoms with Gasteiger partial charge in [0.1, 0.15) is 0 Å². The third-order valence-corrected chi connectivity index (χ3v) is 3.22. The van der Waals surface area contributed by atoms with E-state index in [1.165, 1.54) is 0 Å². The largest absolute Gasteiger partial charge is 0.392 e. The summed E-state index contributed by atoms with van der Waals surface area (Å²) in [6.45, 7) is 7.47. The number of hydrogen-bond donors (Lipinski definition) is 2. The second-order valence-electron chi connectivity index (χ2n) is 4.50.